The number of amides is 1. The third-order valence-corrected chi connectivity index (χ3v) is 4.99. The van der Waals surface area contributed by atoms with Crippen molar-refractivity contribution in [3.8, 4) is 17.2 Å². The molecule has 0 saturated carbocycles. The maximum absolute atomic E-state index is 13.3. The Bertz CT molecular complexity index is 1250. The normalized spacial score (nSPS) is 10.9. The van der Waals surface area contributed by atoms with E-state index >= 15 is 0 Å². The third kappa shape index (κ3) is 4.28. The molecular weight excluding hydrogens is 407 g/mol. The molecule has 0 spiro atoms. The summed E-state index contributed by atoms with van der Waals surface area (Å²) >= 11 is 6.08. The van der Waals surface area contributed by atoms with E-state index in [1.165, 1.54) is 18.2 Å². The predicted molar refractivity (Wildman–Crippen MR) is 114 cm³/mol. The zero-order valence-corrected chi connectivity index (χ0v) is 17.1. The number of hydrogen-bond donors (Lipinski definition) is 1. The Labute approximate surface area is 177 Å². The quantitative estimate of drug-likeness (QED) is 0.431. The van der Waals surface area contributed by atoms with Crippen LogP contribution in [0.1, 0.15) is 11.1 Å². The molecule has 7 heteroatoms. The minimum absolute atomic E-state index is 0.115. The average Bonchev–Trinajstić information content (AvgIpc) is 3.12. The molecule has 1 amide bonds. The number of benzene rings is 3. The van der Waals surface area contributed by atoms with E-state index in [0.29, 0.717) is 28.1 Å². The second-order valence-electron chi connectivity index (χ2n) is 6.91. The summed E-state index contributed by atoms with van der Waals surface area (Å²) in [7, 11) is 0. The van der Waals surface area contributed by atoms with E-state index in [0.717, 1.165) is 11.1 Å². The topological polar surface area (TPSA) is 64.4 Å². The van der Waals surface area contributed by atoms with Gasteiger partial charge in [-0.1, -0.05) is 17.7 Å². The lowest BCUT2D eigenvalue weighted by Gasteiger charge is -2.09. The number of hydrogen-bond acceptors (Lipinski definition) is 4. The largest absolute Gasteiger partial charge is 0.484 e. The monoisotopic (exact) mass is 424 g/mol. The molecule has 30 heavy (non-hydrogen) atoms. The van der Waals surface area contributed by atoms with Gasteiger partial charge in [-0.3, -0.25) is 4.79 Å². The number of aromatic nitrogens is 1. The molecular formula is C23H18ClFN2O3. The van der Waals surface area contributed by atoms with Crippen LogP contribution in [0.5, 0.6) is 5.75 Å². The van der Waals surface area contributed by atoms with Crippen molar-refractivity contribution in [2.75, 3.05) is 11.9 Å². The van der Waals surface area contributed by atoms with Crippen molar-refractivity contribution in [1.82, 2.24) is 4.98 Å². The summed E-state index contributed by atoms with van der Waals surface area (Å²) < 4.78 is 24.5. The average molecular weight is 425 g/mol. The highest BCUT2D eigenvalue weighted by molar-refractivity contribution is 6.33. The maximum Gasteiger partial charge on any atom is 0.262 e. The highest BCUT2D eigenvalue weighted by Crippen LogP contribution is 2.31. The number of rotatable bonds is 5. The van der Waals surface area contributed by atoms with Gasteiger partial charge in [0.05, 0.1) is 10.6 Å². The number of oxazole rings is 1. The van der Waals surface area contributed by atoms with Crippen LogP contribution < -0.4 is 10.1 Å². The molecule has 4 rings (SSSR count). The third-order valence-electron chi connectivity index (χ3n) is 4.68. The molecule has 0 fully saturated rings. The van der Waals surface area contributed by atoms with Crippen molar-refractivity contribution in [1.29, 1.82) is 0 Å². The number of nitrogens with one attached hydrogen (secondary N) is 1. The van der Waals surface area contributed by atoms with Gasteiger partial charge in [0, 0.05) is 5.69 Å². The second-order valence-corrected chi connectivity index (χ2v) is 7.32. The fourth-order valence-corrected chi connectivity index (χ4v) is 3.18. The van der Waals surface area contributed by atoms with Crippen LogP contribution in [0.4, 0.5) is 10.1 Å². The lowest BCUT2D eigenvalue weighted by Crippen LogP contribution is -2.20. The molecule has 4 aromatic rings. The van der Waals surface area contributed by atoms with Crippen LogP contribution >= 0.6 is 11.6 Å². The van der Waals surface area contributed by atoms with E-state index in [2.05, 4.69) is 10.3 Å². The molecule has 0 radical (unpaired) electrons. The Hall–Kier alpha value is -3.38. The van der Waals surface area contributed by atoms with Crippen molar-refractivity contribution in [2.45, 2.75) is 13.8 Å². The molecule has 0 aliphatic carbocycles. The standard InChI is InChI=1S/C23H18ClFN2O3/c1-13-3-6-17(9-14(13)2)29-12-22(28)26-16-5-8-21-20(11-16)27-23(30-21)18-7-4-15(25)10-19(18)24/h3-11H,12H2,1-2H3,(H,26,28). The van der Waals surface area contributed by atoms with Gasteiger partial charge < -0.3 is 14.5 Å². The number of ether oxygens (including phenoxy) is 1. The van der Waals surface area contributed by atoms with Crippen molar-refractivity contribution in [2.24, 2.45) is 0 Å². The van der Waals surface area contributed by atoms with Crippen LogP contribution in [-0.4, -0.2) is 17.5 Å². The van der Waals surface area contributed by atoms with Gasteiger partial charge in [-0.05, 0) is 73.5 Å². The molecule has 3 aromatic carbocycles. The van der Waals surface area contributed by atoms with Crippen LogP contribution in [0.3, 0.4) is 0 Å². The second kappa shape index (κ2) is 8.16. The van der Waals surface area contributed by atoms with Crippen LogP contribution in [0, 0.1) is 19.7 Å². The van der Waals surface area contributed by atoms with Gasteiger partial charge in [0.15, 0.2) is 12.2 Å². The van der Waals surface area contributed by atoms with Crippen molar-refractivity contribution in [3.63, 3.8) is 0 Å². The number of carbonyl (C=O) groups excluding carboxylic acids is 1. The molecule has 1 aromatic heterocycles. The Balaban J connectivity index is 1.46. The summed E-state index contributed by atoms with van der Waals surface area (Å²) in [5, 5.41) is 2.98. The SMILES string of the molecule is Cc1ccc(OCC(=O)Nc2ccc3oc(-c4ccc(F)cc4Cl)nc3c2)cc1C. The number of anilines is 1. The van der Waals surface area contributed by atoms with E-state index in [4.69, 9.17) is 20.8 Å². The molecule has 0 aliphatic heterocycles. The van der Waals surface area contributed by atoms with Gasteiger partial charge in [-0.25, -0.2) is 9.37 Å². The van der Waals surface area contributed by atoms with Crippen molar-refractivity contribution in [3.05, 3.63) is 76.6 Å². The molecule has 0 atom stereocenters. The number of fused-ring (bicyclic) bond motifs is 1. The van der Waals surface area contributed by atoms with Gasteiger partial charge >= 0.3 is 0 Å². The first-order valence-corrected chi connectivity index (χ1v) is 9.63. The van der Waals surface area contributed by atoms with E-state index in [-0.39, 0.29) is 23.4 Å². The maximum atomic E-state index is 13.3. The lowest BCUT2D eigenvalue weighted by molar-refractivity contribution is -0.118. The summed E-state index contributed by atoms with van der Waals surface area (Å²) in [6, 6.07) is 14.8. The van der Waals surface area contributed by atoms with Crippen LogP contribution in [0.25, 0.3) is 22.6 Å². The lowest BCUT2D eigenvalue weighted by atomic mass is 10.1. The van der Waals surface area contributed by atoms with Crippen LogP contribution in [-0.2, 0) is 4.79 Å². The number of carbonyl (C=O) groups is 1. The molecule has 1 heterocycles. The zero-order chi connectivity index (χ0) is 21.3. The summed E-state index contributed by atoms with van der Waals surface area (Å²) in [5.74, 6) is 0.184. The fraction of sp³-hybridized carbons (Fsp3) is 0.130. The van der Waals surface area contributed by atoms with Gasteiger partial charge in [0.1, 0.15) is 17.1 Å². The van der Waals surface area contributed by atoms with Crippen LogP contribution in [0.2, 0.25) is 5.02 Å². The van der Waals surface area contributed by atoms with E-state index in [9.17, 15) is 9.18 Å². The minimum Gasteiger partial charge on any atom is -0.484 e. The minimum atomic E-state index is -0.437. The predicted octanol–water partition coefficient (Wildman–Crippen LogP) is 5.92. The Morgan fingerprint density at radius 1 is 1.10 bits per heavy atom. The first-order valence-electron chi connectivity index (χ1n) is 9.25. The summed E-state index contributed by atoms with van der Waals surface area (Å²) in [5.41, 5.74) is 4.37. The number of aryl methyl sites for hydroxylation is 2. The first kappa shape index (κ1) is 19.9. The molecule has 0 aliphatic rings. The van der Waals surface area contributed by atoms with Gasteiger partial charge in [-0.2, -0.15) is 0 Å². The van der Waals surface area contributed by atoms with Gasteiger partial charge in [0.25, 0.3) is 5.91 Å². The molecule has 152 valence electrons. The molecule has 1 N–H and O–H groups in total. The summed E-state index contributed by atoms with van der Waals surface area (Å²) in [6.07, 6.45) is 0. The first-order chi connectivity index (χ1) is 14.4. The fourth-order valence-electron chi connectivity index (χ4n) is 2.93. The van der Waals surface area contributed by atoms with Crippen molar-refractivity contribution >= 4 is 34.3 Å². The number of nitrogens with zero attached hydrogens (tertiary/aromatic N) is 1. The highest BCUT2D eigenvalue weighted by Gasteiger charge is 2.13. The van der Waals surface area contributed by atoms with Crippen molar-refractivity contribution < 1.29 is 18.3 Å². The smallest absolute Gasteiger partial charge is 0.262 e. The van der Waals surface area contributed by atoms with Crippen LogP contribution in [0.15, 0.2) is 59.0 Å². The van der Waals surface area contributed by atoms with E-state index in [1.54, 1.807) is 18.2 Å². The Morgan fingerprint density at radius 2 is 1.93 bits per heavy atom. The Kier molecular flexibility index (Phi) is 5.42. The summed E-state index contributed by atoms with van der Waals surface area (Å²) in [6.45, 7) is 3.89. The van der Waals surface area contributed by atoms with E-state index < -0.39 is 5.82 Å². The molecule has 0 bridgehead atoms. The van der Waals surface area contributed by atoms with Gasteiger partial charge in [0.2, 0.25) is 5.89 Å². The molecule has 0 saturated heterocycles. The highest BCUT2D eigenvalue weighted by atomic mass is 35.5. The molecule has 0 unspecified atom stereocenters. The van der Waals surface area contributed by atoms with Gasteiger partial charge in [-0.15, -0.1) is 0 Å². The molecule has 5 nitrogen and oxygen atoms in total. The number of halogens is 2. The van der Waals surface area contributed by atoms with E-state index in [1.807, 2.05) is 32.0 Å². The zero-order valence-electron chi connectivity index (χ0n) is 16.3. The summed E-state index contributed by atoms with van der Waals surface area (Å²) in [4.78, 5) is 16.6. The Morgan fingerprint density at radius 3 is 2.70 bits per heavy atom.